The number of hydrogen-bond acceptors (Lipinski definition) is 9. The van der Waals surface area contributed by atoms with E-state index in [2.05, 4.69) is 31.4 Å². The molecule has 37 heavy (non-hydrogen) atoms. The molecule has 0 atom stereocenters. The molecule has 2 aromatic heterocycles. The highest BCUT2D eigenvalue weighted by Crippen LogP contribution is 2.30. The van der Waals surface area contributed by atoms with Crippen LogP contribution < -0.4 is 10.2 Å². The van der Waals surface area contributed by atoms with Crippen molar-refractivity contribution in [3.8, 4) is 23.0 Å². The van der Waals surface area contributed by atoms with E-state index in [9.17, 15) is 10.1 Å². The van der Waals surface area contributed by atoms with Gasteiger partial charge in [-0.2, -0.15) is 10.4 Å². The molecule has 10 nitrogen and oxygen atoms in total. The van der Waals surface area contributed by atoms with Crippen molar-refractivity contribution in [2.24, 2.45) is 5.92 Å². The lowest BCUT2D eigenvalue weighted by Crippen LogP contribution is -2.36. The number of methoxy groups -OCH3 is 1. The van der Waals surface area contributed by atoms with E-state index in [4.69, 9.17) is 9.72 Å². The van der Waals surface area contributed by atoms with Gasteiger partial charge in [-0.1, -0.05) is 0 Å². The van der Waals surface area contributed by atoms with Crippen molar-refractivity contribution in [2.45, 2.75) is 19.8 Å². The molecule has 1 N–H and O–H groups in total. The molecule has 2 aromatic carbocycles. The topological polar surface area (TPSA) is 122 Å². The van der Waals surface area contributed by atoms with Gasteiger partial charge in [-0.25, -0.2) is 19.6 Å². The van der Waals surface area contributed by atoms with E-state index in [0.29, 0.717) is 23.0 Å². The second kappa shape index (κ2) is 10.5. The highest BCUT2D eigenvalue weighted by atomic mass is 16.5. The van der Waals surface area contributed by atoms with Gasteiger partial charge in [-0.15, -0.1) is 0 Å². The van der Waals surface area contributed by atoms with Crippen molar-refractivity contribution in [3.05, 3.63) is 72.4 Å². The van der Waals surface area contributed by atoms with Gasteiger partial charge in [-0.3, -0.25) is 4.79 Å². The molecule has 186 valence electrons. The Morgan fingerprint density at radius 2 is 1.86 bits per heavy atom. The second-order valence-corrected chi connectivity index (χ2v) is 8.84. The summed E-state index contributed by atoms with van der Waals surface area (Å²) >= 11 is 0. The van der Waals surface area contributed by atoms with Gasteiger partial charge in [0.05, 0.1) is 36.0 Å². The molecular weight excluding hydrogens is 468 g/mol. The third-order valence-electron chi connectivity index (χ3n) is 6.39. The van der Waals surface area contributed by atoms with Crippen molar-refractivity contribution in [1.29, 1.82) is 5.26 Å². The number of ether oxygens (including phenoxy) is 1. The second-order valence-electron chi connectivity index (χ2n) is 8.84. The Balaban J connectivity index is 1.34. The molecular formula is C27H26N8O2. The molecule has 5 rings (SSSR count). The maximum Gasteiger partial charge on any atom is 0.308 e. The lowest BCUT2D eigenvalue weighted by atomic mass is 9.96. The van der Waals surface area contributed by atoms with Crippen LogP contribution >= 0.6 is 0 Å². The van der Waals surface area contributed by atoms with E-state index in [-0.39, 0.29) is 11.9 Å². The Kier molecular flexibility index (Phi) is 6.76. The highest BCUT2D eigenvalue weighted by Gasteiger charge is 2.26. The number of aromatic nitrogens is 5. The Morgan fingerprint density at radius 3 is 2.54 bits per heavy atom. The minimum atomic E-state index is -0.157. The van der Waals surface area contributed by atoms with E-state index in [1.807, 2.05) is 55.5 Å². The number of carbonyl (C=O) groups is 1. The molecule has 0 unspecified atom stereocenters. The van der Waals surface area contributed by atoms with Crippen LogP contribution in [0, 0.1) is 24.2 Å². The smallest absolute Gasteiger partial charge is 0.308 e. The van der Waals surface area contributed by atoms with Crippen LogP contribution in [0.15, 0.2) is 61.1 Å². The number of aryl methyl sites for hydroxylation is 1. The van der Waals surface area contributed by atoms with Crippen LogP contribution in [0.5, 0.6) is 0 Å². The fourth-order valence-corrected chi connectivity index (χ4v) is 4.42. The van der Waals surface area contributed by atoms with Gasteiger partial charge >= 0.3 is 5.97 Å². The molecule has 1 saturated heterocycles. The molecule has 4 aromatic rings. The van der Waals surface area contributed by atoms with Crippen LogP contribution in [0.4, 0.5) is 17.3 Å². The van der Waals surface area contributed by atoms with Crippen molar-refractivity contribution < 1.29 is 9.53 Å². The highest BCUT2D eigenvalue weighted by molar-refractivity contribution is 5.73. The largest absolute Gasteiger partial charge is 0.469 e. The summed E-state index contributed by atoms with van der Waals surface area (Å²) in [4.78, 5) is 27.3. The van der Waals surface area contributed by atoms with E-state index in [1.54, 1.807) is 17.2 Å². The molecule has 0 spiro atoms. The fourth-order valence-electron chi connectivity index (χ4n) is 4.42. The summed E-state index contributed by atoms with van der Waals surface area (Å²) in [5, 5.41) is 17.2. The van der Waals surface area contributed by atoms with E-state index in [0.717, 1.165) is 48.6 Å². The van der Waals surface area contributed by atoms with Crippen LogP contribution in [-0.2, 0) is 9.53 Å². The zero-order chi connectivity index (χ0) is 25.8. The standard InChI is InChI=1S/C27H26N8O2/c1-18-30-17-35(33-18)23-5-3-22(4-6-23)31-27-29-10-7-25(32-27)21-13-19(16-28)14-24(15-21)34-11-8-20(9-12-34)26(36)37-2/h3-7,10,13-15,17,20H,8-9,11-12H2,1-2H3,(H,29,31,32). The Morgan fingerprint density at radius 1 is 1.08 bits per heavy atom. The molecule has 1 fully saturated rings. The predicted octanol–water partition coefficient (Wildman–Crippen LogP) is 4.04. The lowest BCUT2D eigenvalue weighted by molar-refractivity contribution is -0.146. The molecule has 1 aliphatic rings. The minimum absolute atomic E-state index is 0.0789. The molecule has 3 heterocycles. The van der Waals surface area contributed by atoms with Gasteiger partial charge in [0, 0.05) is 36.2 Å². The zero-order valence-corrected chi connectivity index (χ0v) is 20.6. The van der Waals surface area contributed by atoms with E-state index < -0.39 is 0 Å². The monoisotopic (exact) mass is 494 g/mol. The number of rotatable bonds is 6. The molecule has 0 aliphatic carbocycles. The molecule has 0 amide bonds. The molecule has 10 heteroatoms. The van der Waals surface area contributed by atoms with Gasteiger partial charge in [-0.05, 0) is 68.3 Å². The number of piperidine rings is 1. The Bertz CT molecular complexity index is 1450. The van der Waals surface area contributed by atoms with Gasteiger partial charge in [0.1, 0.15) is 12.2 Å². The summed E-state index contributed by atoms with van der Waals surface area (Å²) in [5.41, 5.74) is 4.75. The molecule has 1 aliphatic heterocycles. The van der Waals surface area contributed by atoms with Crippen LogP contribution in [0.2, 0.25) is 0 Å². The van der Waals surface area contributed by atoms with E-state index >= 15 is 0 Å². The van der Waals surface area contributed by atoms with Crippen LogP contribution in [0.25, 0.3) is 16.9 Å². The van der Waals surface area contributed by atoms with E-state index in [1.165, 1.54) is 7.11 Å². The Hall–Kier alpha value is -4.78. The number of anilines is 3. The molecule has 0 bridgehead atoms. The summed E-state index contributed by atoms with van der Waals surface area (Å²) in [7, 11) is 1.43. The van der Waals surface area contributed by atoms with Gasteiger partial charge in [0.25, 0.3) is 0 Å². The number of carbonyl (C=O) groups excluding carboxylic acids is 1. The van der Waals surface area contributed by atoms with Crippen LogP contribution in [0.3, 0.4) is 0 Å². The van der Waals surface area contributed by atoms with Gasteiger partial charge < -0.3 is 15.0 Å². The number of nitrogens with zero attached hydrogens (tertiary/aromatic N) is 7. The first kappa shape index (κ1) is 23.9. The first-order valence-electron chi connectivity index (χ1n) is 12.0. The number of benzene rings is 2. The Labute approximate surface area is 214 Å². The summed E-state index contributed by atoms with van der Waals surface area (Å²) in [6, 6.07) is 17.5. The number of nitriles is 1. The number of esters is 1. The van der Waals surface area contributed by atoms with Crippen LogP contribution in [-0.4, -0.2) is 50.9 Å². The predicted molar refractivity (Wildman–Crippen MR) is 139 cm³/mol. The third-order valence-corrected chi connectivity index (χ3v) is 6.39. The zero-order valence-electron chi connectivity index (χ0n) is 20.6. The lowest BCUT2D eigenvalue weighted by Gasteiger charge is -2.32. The van der Waals surface area contributed by atoms with Crippen molar-refractivity contribution in [2.75, 3.05) is 30.4 Å². The quantitative estimate of drug-likeness (QED) is 0.396. The molecule has 0 saturated carbocycles. The maximum atomic E-state index is 11.9. The van der Waals surface area contributed by atoms with Crippen molar-refractivity contribution in [3.63, 3.8) is 0 Å². The van der Waals surface area contributed by atoms with Gasteiger partial charge in [0.15, 0.2) is 0 Å². The normalized spacial score (nSPS) is 13.7. The summed E-state index contributed by atoms with van der Waals surface area (Å²) < 4.78 is 6.61. The SMILES string of the molecule is COC(=O)C1CCN(c2cc(C#N)cc(-c3ccnc(Nc4ccc(-n5cnc(C)n5)cc4)n3)c2)CC1. The fraction of sp³-hybridized carbons (Fsp3) is 0.259. The number of nitrogens with one attached hydrogen (secondary N) is 1. The average Bonchev–Trinajstić information content (AvgIpc) is 3.39. The first-order chi connectivity index (χ1) is 18.0. The summed E-state index contributed by atoms with van der Waals surface area (Å²) in [6.45, 7) is 3.28. The van der Waals surface area contributed by atoms with Crippen molar-refractivity contribution >= 4 is 23.3 Å². The number of hydrogen-bond donors (Lipinski definition) is 1. The summed E-state index contributed by atoms with van der Waals surface area (Å²) in [6.07, 6.45) is 4.80. The summed E-state index contributed by atoms with van der Waals surface area (Å²) in [5.74, 6) is 0.923. The minimum Gasteiger partial charge on any atom is -0.469 e. The average molecular weight is 495 g/mol. The third kappa shape index (κ3) is 5.41. The maximum absolute atomic E-state index is 11.9. The van der Waals surface area contributed by atoms with Gasteiger partial charge in [0.2, 0.25) is 5.95 Å². The first-order valence-corrected chi connectivity index (χ1v) is 12.0. The molecule has 0 radical (unpaired) electrons. The van der Waals surface area contributed by atoms with Crippen molar-refractivity contribution in [1.82, 2.24) is 24.7 Å². The van der Waals surface area contributed by atoms with Crippen LogP contribution in [0.1, 0.15) is 24.2 Å².